The molecule has 0 bridgehead atoms. The molecule has 148 valence electrons. The highest BCUT2D eigenvalue weighted by Crippen LogP contribution is 2.39. The first-order valence-electron chi connectivity index (χ1n) is 8.82. The third kappa shape index (κ3) is 5.01. The number of hydrogen-bond acceptors (Lipinski definition) is 5. The van der Waals surface area contributed by atoms with Gasteiger partial charge in [-0.3, -0.25) is 14.4 Å². The summed E-state index contributed by atoms with van der Waals surface area (Å²) in [7, 11) is 1.52. The molecule has 0 unspecified atom stereocenters. The number of rotatable bonds is 6. The number of likely N-dealkylation sites (N-methyl/N-ethyl adjacent to an activating group) is 1. The van der Waals surface area contributed by atoms with Gasteiger partial charge in [0.2, 0.25) is 11.8 Å². The van der Waals surface area contributed by atoms with Crippen molar-refractivity contribution in [3.05, 3.63) is 35.9 Å². The highest BCUT2D eigenvalue weighted by atomic mass is 32.2. The molecule has 2 rings (SSSR count). The SMILES string of the molecule is CNC(=O)[C@H]1N(C(=O)[C@@H](O)[C@H](Cc2ccccc2)NC(C)=O)CSC1(C)C. The summed E-state index contributed by atoms with van der Waals surface area (Å²) in [5.41, 5.74) is 0.891. The zero-order valence-corrected chi connectivity index (χ0v) is 16.9. The topological polar surface area (TPSA) is 98.7 Å². The summed E-state index contributed by atoms with van der Waals surface area (Å²) in [5.74, 6) is -0.859. The summed E-state index contributed by atoms with van der Waals surface area (Å²) < 4.78 is -0.474. The van der Waals surface area contributed by atoms with Crippen LogP contribution in [0.15, 0.2) is 30.3 Å². The van der Waals surface area contributed by atoms with E-state index in [2.05, 4.69) is 10.6 Å². The molecule has 8 heteroatoms. The van der Waals surface area contributed by atoms with Crippen LogP contribution in [0, 0.1) is 0 Å². The quantitative estimate of drug-likeness (QED) is 0.655. The number of carbonyl (C=O) groups is 3. The van der Waals surface area contributed by atoms with E-state index in [-0.39, 0.29) is 11.8 Å². The second-order valence-corrected chi connectivity index (χ2v) is 8.74. The first kappa shape index (κ1) is 21.2. The molecule has 1 fully saturated rings. The molecule has 0 aromatic heterocycles. The van der Waals surface area contributed by atoms with Gasteiger partial charge in [-0.05, 0) is 25.8 Å². The van der Waals surface area contributed by atoms with Crippen molar-refractivity contribution in [2.75, 3.05) is 12.9 Å². The van der Waals surface area contributed by atoms with Crippen molar-refractivity contribution in [3.8, 4) is 0 Å². The maximum atomic E-state index is 13.0. The van der Waals surface area contributed by atoms with Gasteiger partial charge in [-0.25, -0.2) is 0 Å². The molecular formula is C19H27N3O4S. The Bertz CT molecular complexity index is 695. The molecule has 1 aliphatic rings. The Morgan fingerprint density at radius 1 is 1.30 bits per heavy atom. The zero-order valence-electron chi connectivity index (χ0n) is 16.1. The number of aliphatic hydroxyl groups excluding tert-OH is 1. The Labute approximate surface area is 163 Å². The number of nitrogens with one attached hydrogen (secondary N) is 2. The van der Waals surface area contributed by atoms with Gasteiger partial charge in [-0.2, -0.15) is 0 Å². The molecule has 1 heterocycles. The van der Waals surface area contributed by atoms with Crippen LogP contribution in [0.1, 0.15) is 26.3 Å². The predicted molar refractivity (Wildman–Crippen MR) is 105 cm³/mol. The fourth-order valence-corrected chi connectivity index (χ4v) is 4.40. The van der Waals surface area contributed by atoms with E-state index in [1.165, 1.54) is 30.6 Å². The molecule has 3 N–H and O–H groups in total. The van der Waals surface area contributed by atoms with E-state index in [4.69, 9.17) is 0 Å². The third-order valence-corrected chi connectivity index (χ3v) is 6.02. The summed E-state index contributed by atoms with van der Waals surface area (Å²) in [6.07, 6.45) is -1.14. The number of amides is 3. The highest BCUT2D eigenvalue weighted by Gasteiger charge is 2.49. The van der Waals surface area contributed by atoms with Crippen molar-refractivity contribution >= 4 is 29.5 Å². The van der Waals surface area contributed by atoms with Crippen molar-refractivity contribution in [2.24, 2.45) is 0 Å². The summed E-state index contributed by atoms with van der Waals surface area (Å²) in [4.78, 5) is 38.3. The molecule has 0 saturated carbocycles. The Balaban J connectivity index is 2.22. The minimum atomic E-state index is -1.45. The molecule has 0 spiro atoms. The fourth-order valence-electron chi connectivity index (χ4n) is 3.26. The lowest BCUT2D eigenvalue weighted by atomic mass is 9.97. The lowest BCUT2D eigenvalue weighted by Gasteiger charge is -2.33. The predicted octanol–water partition coefficient (Wildman–Crippen LogP) is 0.521. The molecule has 3 amide bonds. The first-order chi connectivity index (χ1) is 12.7. The van der Waals surface area contributed by atoms with Gasteiger partial charge < -0.3 is 20.6 Å². The van der Waals surface area contributed by atoms with E-state index in [0.717, 1.165) is 5.56 Å². The summed E-state index contributed by atoms with van der Waals surface area (Å²) in [6, 6.07) is 7.85. The van der Waals surface area contributed by atoms with Crippen LogP contribution in [-0.4, -0.2) is 63.6 Å². The van der Waals surface area contributed by atoms with Gasteiger partial charge >= 0.3 is 0 Å². The molecule has 7 nitrogen and oxygen atoms in total. The number of hydrogen-bond donors (Lipinski definition) is 3. The van der Waals surface area contributed by atoms with Gasteiger partial charge in [0.05, 0.1) is 11.9 Å². The lowest BCUT2D eigenvalue weighted by Crippen LogP contribution is -2.58. The molecule has 3 atom stereocenters. The second-order valence-electron chi connectivity index (χ2n) is 7.14. The average molecular weight is 394 g/mol. The fraction of sp³-hybridized carbons (Fsp3) is 0.526. The summed E-state index contributed by atoms with van der Waals surface area (Å²) >= 11 is 1.48. The van der Waals surface area contributed by atoms with Crippen LogP contribution >= 0.6 is 11.8 Å². The van der Waals surface area contributed by atoms with E-state index < -0.39 is 28.8 Å². The van der Waals surface area contributed by atoms with E-state index >= 15 is 0 Å². The molecule has 1 saturated heterocycles. The summed E-state index contributed by atoms with van der Waals surface area (Å²) in [5, 5.41) is 16.0. The molecule has 0 radical (unpaired) electrons. The van der Waals surface area contributed by atoms with Gasteiger partial charge in [0.25, 0.3) is 5.91 Å². The lowest BCUT2D eigenvalue weighted by molar-refractivity contribution is -0.147. The third-order valence-electron chi connectivity index (χ3n) is 4.64. The van der Waals surface area contributed by atoms with E-state index in [1.807, 2.05) is 44.2 Å². The Hall–Kier alpha value is -2.06. The Morgan fingerprint density at radius 3 is 2.48 bits per heavy atom. The van der Waals surface area contributed by atoms with Gasteiger partial charge in [-0.1, -0.05) is 30.3 Å². The highest BCUT2D eigenvalue weighted by molar-refractivity contribution is 8.00. The molecule has 1 aromatic rings. The number of carbonyl (C=O) groups excluding carboxylic acids is 3. The maximum absolute atomic E-state index is 13.0. The monoisotopic (exact) mass is 393 g/mol. The molecule has 1 aromatic carbocycles. The molecule has 27 heavy (non-hydrogen) atoms. The van der Waals surface area contributed by atoms with Crippen molar-refractivity contribution < 1.29 is 19.5 Å². The van der Waals surface area contributed by atoms with E-state index in [0.29, 0.717) is 12.3 Å². The first-order valence-corrected chi connectivity index (χ1v) is 9.81. The standard InChI is InChI=1S/C19H27N3O4S/c1-12(23)21-14(10-13-8-6-5-7-9-13)15(24)18(26)22-11-27-19(2,3)16(22)17(25)20-4/h5-9,14-16,24H,10-11H2,1-4H3,(H,20,25)(H,21,23)/t14-,15-,16+/m0/s1. The Morgan fingerprint density at radius 2 is 1.93 bits per heavy atom. The smallest absolute Gasteiger partial charge is 0.254 e. The van der Waals surface area contributed by atoms with Gasteiger partial charge in [0.1, 0.15) is 6.04 Å². The van der Waals surface area contributed by atoms with Crippen molar-refractivity contribution in [1.29, 1.82) is 0 Å². The molecular weight excluding hydrogens is 366 g/mol. The maximum Gasteiger partial charge on any atom is 0.254 e. The molecule has 0 aliphatic carbocycles. The minimum absolute atomic E-state index is 0.273. The second kappa shape index (κ2) is 8.75. The van der Waals surface area contributed by atoms with Crippen LogP contribution in [0.25, 0.3) is 0 Å². The van der Waals surface area contributed by atoms with Crippen LogP contribution in [0.2, 0.25) is 0 Å². The van der Waals surface area contributed by atoms with E-state index in [9.17, 15) is 19.5 Å². The van der Waals surface area contributed by atoms with Crippen LogP contribution in [0.3, 0.4) is 0 Å². The number of thioether (sulfide) groups is 1. The largest absolute Gasteiger partial charge is 0.381 e. The Kier molecular flexibility index (Phi) is 6.89. The number of benzene rings is 1. The average Bonchev–Trinajstić information content (AvgIpc) is 2.95. The van der Waals surface area contributed by atoms with Crippen LogP contribution in [0.4, 0.5) is 0 Å². The van der Waals surface area contributed by atoms with Crippen molar-refractivity contribution in [2.45, 2.75) is 50.1 Å². The van der Waals surface area contributed by atoms with Crippen LogP contribution in [0.5, 0.6) is 0 Å². The van der Waals surface area contributed by atoms with Gasteiger partial charge in [0, 0.05) is 18.7 Å². The van der Waals surface area contributed by atoms with Crippen molar-refractivity contribution in [3.63, 3.8) is 0 Å². The van der Waals surface area contributed by atoms with Gasteiger partial charge in [-0.15, -0.1) is 11.8 Å². The normalized spacial score (nSPS) is 20.6. The van der Waals surface area contributed by atoms with Crippen molar-refractivity contribution in [1.82, 2.24) is 15.5 Å². The summed E-state index contributed by atoms with van der Waals surface area (Å²) in [6.45, 7) is 5.14. The zero-order chi connectivity index (χ0) is 20.2. The van der Waals surface area contributed by atoms with Gasteiger partial charge in [0.15, 0.2) is 6.10 Å². The minimum Gasteiger partial charge on any atom is -0.381 e. The number of nitrogens with zero attached hydrogens (tertiary/aromatic N) is 1. The molecule has 1 aliphatic heterocycles. The number of aliphatic hydroxyl groups is 1. The van der Waals surface area contributed by atoms with Crippen LogP contribution < -0.4 is 10.6 Å². The van der Waals surface area contributed by atoms with E-state index in [1.54, 1.807) is 0 Å². The van der Waals surface area contributed by atoms with Crippen LogP contribution in [-0.2, 0) is 20.8 Å².